The summed E-state index contributed by atoms with van der Waals surface area (Å²) in [5.41, 5.74) is 3.13. The van der Waals surface area contributed by atoms with E-state index in [1.54, 1.807) is 14.2 Å². The van der Waals surface area contributed by atoms with Crippen molar-refractivity contribution in [3.05, 3.63) is 108 Å². The quantitative estimate of drug-likeness (QED) is 0.187. The first-order valence-corrected chi connectivity index (χ1v) is 14.3. The van der Waals surface area contributed by atoms with Crippen LogP contribution >= 0.6 is 0 Å². The van der Waals surface area contributed by atoms with Crippen LogP contribution in [0.3, 0.4) is 0 Å². The third-order valence-electron chi connectivity index (χ3n) is 7.70. The molecule has 42 heavy (non-hydrogen) atoms. The van der Waals surface area contributed by atoms with E-state index in [4.69, 9.17) is 18.9 Å². The third kappa shape index (κ3) is 6.86. The van der Waals surface area contributed by atoms with Gasteiger partial charge in [0, 0.05) is 22.9 Å². The zero-order valence-corrected chi connectivity index (χ0v) is 24.1. The molecule has 1 fully saturated rings. The second-order valence-corrected chi connectivity index (χ2v) is 10.3. The van der Waals surface area contributed by atoms with Crippen LogP contribution in [0.2, 0.25) is 0 Å². The number of ether oxygens (including phenoxy) is 4. The number of piperidine rings is 1. The fraction of sp³-hybridized carbons (Fsp3) is 0.286. The van der Waals surface area contributed by atoms with Gasteiger partial charge in [0.25, 0.3) is 0 Å². The summed E-state index contributed by atoms with van der Waals surface area (Å²) in [6, 6.07) is 28.1. The summed E-state index contributed by atoms with van der Waals surface area (Å²) in [4.78, 5) is 13.5. The van der Waals surface area contributed by atoms with E-state index in [1.807, 2.05) is 60.7 Å². The predicted molar refractivity (Wildman–Crippen MR) is 164 cm³/mol. The van der Waals surface area contributed by atoms with Crippen LogP contribution in [-0.2, 0) is 11.3 Å². The van der Waals surface area contributed by atoms with Crippen molar-refractivity contribution in [2.45, 2.75) is 38.0 Å². The van der Waals surface area contributed by atoms with Gasteiger partial charge in [-0.2, -0.15) is 0 Å². The van der Waals surface area contributed by atoms with Crippen LogP contribution in [0.5, 0.6) is 17.2 Å². The second-order valence-electron chi connectivity index (χ2n) is 10.3. The number of nitrogens with zero attached hydrogens (tertiary/aromatic N) is 1. The van der Waals surface area contributed by atoms with Crippen molar-refractivity contribution in [2.75, 3.05) is 27.4 Å². The van der Waals surface area contributed by atoms with Crippen LogP contribution < -0.4 is 14.2 Å². The minimum Gasteiger partial charge on any atom is -0.496 e. The lowest BCUT2D eigenvalue weighted by Gasteiger charge is -2.37. The Balaban J connectivity index is 1.22. The predicted octanol–water partition coefficient (Wildman–Crippen LogP) is 7.74. The van der Waals surface area contributed by atoms with Gasteiger partial charge in [-0.05, 0) is 54.5 Å². The van der Waals surface area contributed by atoms with Crippen molar-refractivity contribution in [3.8, 4) is 17.2 Å². The van der Waals surface area contributed by atoms with Gasteiger partial charge < -0.3 is 24.1 Å². The van der Waals surface area contributed by atoms with Crippen molar-refractivity contribution >= 4 is 22.9 Å². The summed E-state index contributed by atoms with van der Waals surface area (Å²) in [6.07, 6.45) is 4.75. The van der Waals surface area contributed by atoms with E-state index in [9.17, 15) is 9.90 Å². The molecule has 1 heterocycles. The Morgan fingerprint density at radius 1 is 0.952 bits per heavy atom. The van der Waals surface area contributed by atoms with E-state index in [1.165, 1.54) is 10.5 Å². The molecule has 1 aliphatic heterocycles. The summed E-state index contributed by atoms with van der Waals surface area (Å²) in [5, 5.41) is 11.8. The first-order chi connectivity index (χ1) is 20.6. The molecule has 0 saturated carbocycles. The molecule has 0 spiro atoms. The molecule has 4 aromatic carbocycles. The van der Waals surface area contributed by atoms with E-state index < -0.39 is 12.3 Å². The maximum Gasteiger partial charge on any atom is 0.409 e. The molecule has 7 nitrogen and oxygen atoms in total. The number of methoxy groups -OCH3 is 2. The van der Waals surface area contributed by atoms with Gasteiger partial charge in [-0.1, -0.05) is 78.9 Å². The normalized spacial score (nSPS) is 17.0. The molecular formula is C35H37NO6. The van der Waals surface area contributed by atoms with E-state index >= 15 is 0 Å². The molecule has 7 heteroatoms. The standard InChI is InChI=1S/C35H37NO6/c1-39-32-22-28(34(40-2)31-14-7-6-13-30(31)32)24-42-33-23-27(19-20-36(33)35(37)38)26-15-17-29(18-16-26)41-21-9-8-12-25-10-4-3-5-11-25/h3-8,10-18,22,27,33H,9,19-21,23-24H2,1-2H3,(H,37,38). The van der Waals surface area contributed by atoms with Crippen LogP contribution in [0.1, 0.15) is 41.9 Å². The molecule has 1 aliphatic rings. The Labute approximate surface area is 246 Å². The number of carboxylic acid groups (broad SMARTS) is 1. The summed E-state index contributed by atoms with van der Waals surface area (Å²) in [5.74, 6) is 2.41. The maximum absolute atomic E-state index is 12.1. The molecule has 0 radical (unpaired) electrons. The number of likely N-dealkylation sites (tertiary alicyclic amines) is 1. The highest BCUT2D eigenvalue weighted by Gasteiger charge is 2.33. The minimum absolute atomic E-state index is 0.168. The van der Waals surface area contributed by atoms with Gasteiger partial charge in [0.2, 0.25) is 0 Å². The van der Waals surface area contributed by atoms with Crippen LogP contribution in [0.15, 0.2) is 91.0 Å². The minimum atomic E-state index is -0.980. The molecule has 0 aromatic heterocycles. The number of benzene rings is 4. The first kappa shape index (κ1) is 29.0. The largest absolute Gasteiger partial charge is 0.496 e. The van der Waals surface area contributed by atoms with Crippen LogP contribution in [-0.4, -0.2) is 49.7 Å². The van der Waals surface area contributed by atoms with Gasteiger partial charge in [-0.3, -0.25) is 4.90 Å². The number of hydrogen-bond acceptors (Lipinski definition) is 5. The molecule has 1 amide bonds. The third-order valence-corrected chi connectivity index (χ3v) is 7.70. The number of rotatable bonds is 11. The highest BCUT2D eigenvalue weighted by molar-refractivity contribution is 5.94. The molecule has 1 N–H and O–H groups in total. The zero-order chi connectivity index (χ0) is 29.3. The Hall–Kier alpha value is -4.49. The van der Waals surface area contributed by atoms with Crippen LogP contribution in [0, 0.1) is 0 Å². The molecular weight excluding hydrogens is 530 g/mol. The molecule has 218 valence electrons. The summed E-state index contributed by atoms with van der Waals surface area (Å²) >= 11 is 0. The molecule has 1 saturated heterocycles. The van der Waals surface area contributed by atoms with E-state index in [0.717, 1.165) is 46.2 Å². The van der Waals surface area contributed by atoms with Crippen LogP contribution in [0.4, 0.5) is 4.79 Å². The Kier molecular flexibility index (Phi) is 9.62. The number of fused-ring (bicyclic) bond motifs is 1. The molecule has 2 unspecified atom stereocenters. The van der Waals surface area contributed by atoms with E-state index in [2.05, 4.69) is 36.4 Å². The second kappa shape index (κ2) is 13.9. The van der Waals surface area contributed by atoms with Crippen molar-refractivity contribution in [1.82, 2.24) is 4.90 Å². The average molecular weight is 568 g/mol. The van der Waals surface area contributed by atoms with Crippen LogP contribution in [0.25, 0.3) is 16.8 Å². The molecule has 5 rings (SSSR count). The molecule has 0 bridgehead atoms. The maximum atomic E-state index is 12.1. The fourth-order valence-electron chi connectivity index (χ4n) is 5.55. The van der Waals surface area contributed by atoms with E-state index in [-0.39, 0.29) is 12.5 Å². The zero-order valence-electron chi connectivity index (χ0n) is 24.1. The number of carbonyl (C=O) groups is 1. The highest BCUT2D eigenvalue weighted by Crippen LogP contribution is 2.38. The summed E-state index contributed by atoms with van der Waals surface area (Å²) < 4.78 is 23.6. The lowest BCUT2D eigenvalue weighted by Crippen LogP contribution is -2.46. The van der Waals surface area contributed by atoms with Gasteiger partial charge in [0.15, 0.2) is 0 Å². The van der Waals surface area contributed by atoms with Gasteiger partial charge in [-0.25, -0.2) is 4.79 Å². The molecule has 4 aromatic rings. The summed E-state index contributed by atoms with van der Waals surface area (Å²) in [7, 11) is 3.27. The van der Waals surface area contributed by atoms with Gasteiger partial charge in [0.1, 0.15) is 23.5 Å². The van der Waals surface area contributed by atoms with Gasteiger partial charge in [0.05, 0.1) is 27.4 Å². The topological polar surface area (TPSA) is 77.5 Å². The average Bonchev–Trinajstić information content (AvgIpc) is 3.03. The molecule has 0 aliphatic carbocycles. The van der Waals surface area contributed by atoms with Crippen molar-refractivity contribution in [2.24, 2.45) is 0 Å². The monoisotopic (exact) mass is 567 g/mol. The van der Waals surface area contributed by atoms with Crippen molar-refractivity contribution < 1.29 is 28.8 Å². The number of hydrogen-bond donors (Lipinski definition) is 1. The smallest absolute Gasteiger partial charge is 0.409 e. The first-order valence-electron chi connectivity index (χ1n) is 14.3. The Morgan fingerprint density at radius 2 is 1.69 bits per heavy atom. The van der Waals surface area contributed by atoms with Crippen molar-refractivity contribution in [1.29, 1.82) is 0 Å². The Bertz CT molecular complexity index is 1500. The summed E-state index contributed by atoms with van der Waals surface area (Å²) in [6.45, 7) is 1.19. The van der Waals surface area contributed by atoms with Gasteiger partial charge in [-0.15, -0.1) is 0 Å². The highest BCUT2D eigenvalue weighted by atomic mass is 16.5. The SMILES string of the molecule is COc1cc(COC2CC(c3ccc(OCCC=Cc4ccccc4)cc3)CCN2C(=O)O)c(OC)c2ccccc12. The van der Waals surface area contributed by atoms with Crippen molar-refractivity contribution in [3.63, 3.8) is 0 Å². The van der Waals surface area contributed by atoms with E-state index in [0.29, 0.717) is 25.3 Å². The Morgan fingerprint density at radius 3 is 2.40 bits per heavy atom. The number of amides is 1. The lowest BCUT2D eigenvalue weighted by atomic mass is 9.88. The lowest BCUT2D eigenvalue weighted by molar-refractivity contribution is -0.0796. The van der Waals surface area contributed by atoms with Gasteiger partial charge >= 0.3 is 6.09 Å². The molecule has 2 atom stereocenters. The fourth-order valence-corrected chi connectivity index (χ4v) is 5.55.